The van der Waals surface area contributed by atoms with Crippen molar-refractivity contribution >= 4 is 0 Å². The smallest absolute Gasteiger partial charge is 0.127 e. The first-order valence-corrected chi connectivity index (χ1v) is 6.07. The zero-order valence-electron chi connectivity index (χ0n) is 11.7. The van der Waals surface area contributed by atoms with Crippen molar-refractivity contribution in [1.82, 2.24) is 9.78 Å². The summed E-state index contributed by atoms with van der Waals surface area (Å²) >= 11 is 0. The molecule has 0 bridgehead atoms. The summed E-state index contributed by atoms with van der Waals surface area (Å²) in [4.78, 5) is 0. The minimum Gasteiger partial charge on any atom is -0.497 e. The van der Waals surface area contributed by atoms with E-state index in [9.17, 15) is 0 Å². The van der Waals surface area contributed by atoms with Gasteiger partial charge in [-0.1, -0.05) is 0 Å². The molecule has 0 radical (unpaired) electrons. The number of nitrogens with zero attached hydrogens (tertiary/aromatic N) is 2. The van der Waals surface area contributed by atoms with Crippen molar-refractivity contribution in [2.75, 3.05) is 14.2 Å². The van der Waals surface area contributed by atoms with Crippen molar-refractivity contribution in [1.29, 1.82) is 0 Å². The van der Waals surface area contributed by atoms with Crippen LogP contribution in [0.1, 0.15) is 11.4 Å². The fraction of sp³-hybridized carbons (Fsp3) is 0.357. The molecule has 1 heterocycles. The van der Waals surface area contributed by atoms with E-state index in [0.29, 0.717) is 6.54 Å². The number of aromatic nitrogens is 2. The molecular formula is C14H19N3O2. The number of hydrogen-bond donors (Lipinski definition) is 1. The van der Waals surface area contributed by atoms with Crippen molar-refractivity contribution in [3.05, 3.63) is 29.6 Å². The molecule has 0 aliphatic rings. The van der Waals surface area contributed by atoms with Gasteiger partial charge in [-0.3, -0.25) is 4.68 Å². The van der Waals surface area contributed by atoms with E-state index in [4.69, 9.17) is 15.2 Å². The van der Waals surface area contributed by atoms with Crippen LogP contribution >= 0.6 is 0 Å². The van der Waals surface area contributed by atoms with Crippen molar-refractivity contribution in [2.24, 2.45) is 12.8 Å². The van der Waals surface area contributed by atoms with Crippen LogP contribution in [0.3, 0.4) is 0 Å². The molecule has 1 aromatic heterocycles. The number of aryl methyl sites for hydroxylation is 1. The van der Waals surface area contributed by atoms with Gasteiger partial charge < -0.3 is 15.2 Å². The minimum atomic E-state index is 0.386. The zero-order chi connectivity index (χ0) is 14.0. The largest absolute Gasteiger partial charge is 0.497 e. The molecule has 102 valence electrons. The molecule has 0 fully saturated rings. The number of methoxy groups -OCH3 is 2. The van der Waals surface area contributed by atoms with E-state index in [0.717, 1.165) is 34.0 Å². The van der Waals surface area contributed by atoms with Gasteiger partial charge in [-0.05, 0) is 25.1 Å². The fourth-order valence-electron chi connectivity index (χ4n) is 2.18. The molecule has 1 aromatic carbocycles. The molecular weight excluding hydrogens is 242 g/mol. The zero-order valence-corrected chi connectivity index (χ0v) is 11.7. The van der Waals surface area contributed by atoms with Crippen molar-refractivity contribution in [3.8, 4) is 22.6 Å². The molecule has 0 aliphatic carbocycles. The van der Waals surface area contributed by atoms with Crippen molar-refractivity contribution in [2.45, 2.75) is 13.5 Å². The van der Waals surface area contributed by atoms with E-state index in [-0.39, 0.29) is 0 Å². The van der Waals surface area contributed by atoms with E-state index in [1.165, 1.54) is 0 Å². The summed E-state index contributed by atoms with van der Waals surface area (Å²) in [6, 6.07) is 5.71. The molecule has 0 unspecified atom stereocenters. The van der Waals surface area contributed by atoms with Gasteiger partial charge in [-0.25, -0.2) is 0 Å². The van der Waals surface area contributed by atoms with Gasteiger partial charge in [0, 0.05) is 30.4 Å². The normalized spacial score (nSPS) is 10.6. The third kappa shape index (κ3) is 2.29. The first-order valence-electron chi connectivity index (χ1n) is 6.07. The second-order valence-corrected chi connectivity index (χ2v) is 4.30. The molecule has 2 N–H and O–H groups in total. The van der Waals surface area contributed by atoms with Crippen LogP contribution in [0.25, 0.3) is 11.1 Å². The van der Waals surface area contributed by atoms with Crippen LogP contribution in [-0.4, -0.2) is 24.0 Å². The molecule has 5 nitrogen and oxygen atoms in total. The highest BCUT2D eigenvalue weighted by Gasteiger charge is 2.18. The van der Waals surface area contributed by atoms with Crippen LogP contribution in [0, 0.1) is 6.92 Å². The highest BCUT2D eigenvalue weighted by atomic mass is 16.5. The Kier molecular flexibility index (Phi) is 3.76. The van der Waals surface area contributed by atoms with Gasteiger partial charge in [-0.15, -0.1) is 0 Å². The Hall–Kier alpha value is -2.01. The highest BCUT2D eigenvalue weighted by molar-refractivity contribution is 5.76. The molecule has 0 aliphatic heterocycles. The van der Waals surface area contributed by atoms with Crippen molar-refractivity contribution in [3.63, 3.8) is 0 Å². The number of nitrogens with two attached hydrogens (primary N) is 1. The Bertz CT molecular complexity index is 591. The minimum absolute atomic E-state index is 0.386. The van der Waals surface area contributed by atoms with Gasteiger partial charge in [0.1, 0.15) is 11.5 Å². The predicted molar refractivity (Wildman–Crippen MR) is 74.4 cm³/mol. The molecule has 2 rings (SSSR count). The number of ether oxygens (including phenoxy) is 2. The highest BCUT2D eigenvalue weighted by Crippen LogP contribution is 2.36. The van der Waals surface area contributed by atoms with Crippen LogP contribution in [0.2, 0.25) is 0 Å². The van der Waals surface area contributed by atoms with E-state index < -0.39 is 0 Å². The Morgan fingerprint density at radius 3 is 2.58 bits per heavy atom. The van der Waals surface area contributed by atoms with Gasteiger partial charge in [0.05, 0.1) is 19.9 Å². The Labute approximate surface area is 112 Å². The van der Waals surface area contributed by atoms with E-state index >= 15 is 0 Å². The van der Waals surface area contributed by atoms with Crippen LogP contribution in [0.4, 0.5) is 0 Å². The third-order valence-electron chi connectivity index (χ3n) is 3.28. The van der Waals surface area contributed by atoms with E-state index in [1.54, 1.807) is 14.2 Å². The summed E-state index contributed by atoms with van der Waals surface area (Å²) in [5.41, 5.74) is 9.65. The second-order valence-electron chi connectivity index (χ2n) is 4.30. The number of hydrogen-bond acceptors (Lipinski definition) is 4. The van der Waals surface area contributed by atoms with Crippen molar-refractivity contribution < 1.29 is 9.47 Å². The van der Waals surface area contributed by atoms with Gasteiger partial charge in [0.2, 0.25) is 0 Å². The maximum atomic E-state index is 5.78. The van der Waals surface area contributed by atoms with Crippen LogP contribution in [0.5, 0.6) is 11.5 Å². The molecule has 5 heteroatoms. The van der Waals surface area contributed by atoms with E-state index in [2.05, 4.69) is 5.10 Å². The monoisotopic (exact) mass is 261 g/mol. The quantitative estimate of drug-likeness (QED) is 0.912. The lowest BCUT2D eigenvalue weighted by Gasteiger charge is -2.11. The van der Waals surface area contributed by atoms with Crippen LogP contribution in [-0.2, 0) is 13.6 Å². The van der Waals surface area contributed by atoms with Gasteiger partial charge in [0.15, 0.2) is 0 Å². The molecule has 0 atom stereocenters. The fourth-order valence-corrected chi connectivity index (χ4v) is 2.18. The average molecular weight is 261 g/mol. The summed E-state index contributed by atoms with van der Waals surface area (Å²) in [6.07, 6.45) is 0. The SMILES string of the molecule is COc1ccc(OC)c(-c2c(CN)nn(C)c2C)c1. The lowest BCUT2D eigenvalue weighted by atomic mass is 10.0. The van der Waals surface area contributed by atoms with Crippen LogP contribution < -0.4 is 15.2 Å². The van der Waals surface area contributed by atoms with E-state index in [1.807, 2.05) is 36.9 Å². The predicted octanol–water partition coefficient (Wildman–Crippen LogP) is 1.87. The van der Waals surface area contributed by atoms with Gasteiger partial charge >= 0.3 is 0 Å². The molecule has 2 aromatic rings. The molecule has 0 saturated heterocycles. The lowest BCUT2D eigenvalue weighted by molar-refractivity contribution is 0.404. The number of rotatable bonds is 4. The second kappa shape index (κ2) is 5.32. The summed E-state index contributed by atoms with van der Waals surface area (Å²) in [5, 5.41) is 4.43. The van der Waals surface area contributed by atoms with Gasteiger partial charge in [-0.2, -0.15) is 5.10 Å². The maximum absolute atomic E-state index is 5.78. The molecule has 0 saturated carbocycles. The Balaban J connectivity index is 2.69. The molecule has 19 heavy (non-hydrogen) atoms. The number of benzene rings is 1. The Morgan fingerprint density at radius 2 is 2.00 bits per heavy atom. The summed E-state index contributed by atoms with van der Waals surface area (Å²) in [7, 11) is 5.20. The molecule has 0 amide bonds. The summed E-state index contributed by atoms with van der Waals surface area (Å²) in [6.45, 7) is 2.40. The first kappa shape index (κ1) is 13.4. The molecule has 0 spiro atoms. The summed E-state index contributed by atoms with van der Waals surface area (Å²) < 4.78 is 12.5. The third-order valence-corrected chi connectivity index (χ3v) is 3.28. The average Bonchev–Trinajstić information content (AvgIpc) is 2.73. The van der Waals surface area contributed by atoms with Gasteiger partial charge in [0.25, 0.3) is 0 Å². The first-order chi connectivity index (χ1) is 9.12. The topological polar surface area (TPSA) is 62.3 Å². The van der Waals surface area contributed by atoms with Crippen LogP contribution in [0.15, 0.2) is 18.2 Å². The standard InChI is InChI=1S/C14H19N3O2/c1-9-14(12(8-15)16-17(9)2)11-7-10(18-3)5-6-13(11)19-4/h5-7H,8,15H2,1-4H3. The summed E-state index contributed by atoms with van der Waals surface area (Å²) in [5.74, 6) is 1.56. The Morgan fingerprint density at radius 1 is 1.26 bits per heavy atom. The maximum Gasteiger partial charge on any atom is 0.127 e. The lowest BCUT2D eigenvalue weighted by Crippen LogP contribution is -2.00.